The number of nitrogens with zero attached hydrogens (tertiary/aromatic N) is 1. The van der Waals surface area contributed by atoms with Gasteiger partial charge in [-0.25, -0.2) is 9.18 Å². The van der Waals surface area contributed by atoms with E-state index in [4.69, 9.17) is 11.6 Å². The zero-order chi connectivity index (χ0) is 21.2. The predicted molar refractivity (Wildman–Crippen MR) is 108 cm³/mol. The van der Waals surface area contributed by atoms with Gasteiger partial charge in [0.1, 0.15) is 17.9 Å². The summed E-state index contributed by atoms with van der Waals surface area (Å²) in [6, 6.07) is 10.5. The van der Waals surface area contributed by atoms with Gasteiger partial charge in [-0.05, 0) is 42.7 Å². The number of hydrogen-bond acceptors (Lipinski definition) is 3. The minimum Gasteiger partial charge on any atom is -0.324 e. The molecule has 3 rings (SSSR count). The molecule has 0 saturated carbocycles. The van der Waals surface area contributed by atoms with Crippen molar-refractivity contribution in [2.45, 2.75) is 32.2 Å². The molecule has 2 aromatic carbocycles. The van der Waals surface area contributed by atoms with Gasteiger partial charge in [0.25, 0.3) is 5.91 Å². The van der Waals surface area contributed by atoms with Crippen LogP contribution < -0.4 is 10.6 Å². The van der Waals surface area contributed by atoms with Crippen LogP contribution in [0.25, 0.3) is 0 Å². The molecule has 0 radical (unpaired) electrons. The largest absolute Gasteiger partial charge is 0.325 e. The van der Waals surface area contributed by atoms with E-state index in [9.17, 15) is 18.8 Å². The van der Waals surface area contributed by atoms with E-state index < -0.39 is 35.7 Å². The van der Waals surface area contributed by atoms with Crippen LogP contribution in [0.4, 0.5) is 14.9 Å². The summed E-state index contributed by atoms with van der Waals surface area (Å²) < 4.78 is 13.2. The monoisotopic (exact) mass is 417 g/mol. The molecule has 1 saturated heterocycles. The van der Waals surface area contributed by atoms with Crippen molar-refractivity contribution in [2.75, 3.05) is 11.9 Å². The van der Waals surface area contributed by atoms with Gasteiger partial charge in [-0.1, -0.05) is 49.2 Å². The fraction of sp³-hybridized carbons (Fsp3) is 0.286. The maximum Gasteiger partial charge on any atom is 0.325 e. The highest BCUT2D eigenvalue weighted by atomic mass is 35.5. The summed E-state index contributed by atoms with van der Waals surface area (Å²) in [7, 11) is 0. The number of amides is 4. The van der Waals surface area contributed by atoms with Crippen molar-refractivity contribution in [2.24, 2.45) is 0 Å². The van der Waals surface area contributed by atoms with E-state index in [0.29, 0.717) is 5.56 Å². The Labute approximate surface area is 173 Å². The number of anilines is 1. The van der Waals surface area contributed by atoms with Crippen LogP contribution in [0.2, 0.25) is 5.02 Å². The molecule has 0 bridgehead atoms. The van der Waals surface area contributed by atoms with Crippen LogP contribution >= 0.6 is 11.6 Å². The maximum absolute atomic E-state index is 13.2. The first-order valence-electron chi connectivity index (χ1n) is 9.23. The Morgan fingerprint density at radius 3 is 2.52 bits per heavy atom. The number of aryl methyl sites for hydroxylation is 1. The number of carbonyl (C=O) groups is 3. The molecule has 1 fully saturated rings. The fourth-order valence-corrected chi connectivity index (χ4v) is 3.43. The third-order valence-corrected chi connectivity index (χ3v) is 5.14. The number of benzene rings is 2. The van der Waals surface area contributed by atoms with Gasteiger partial charge < -0.3 is 10.6 Å². The third kappa shape index (κ3) is 4.24. The zero-order valence-electron chi connectivity index (χ0n) is 16.1. The minimum absolute atomic E-state index is 0.142. The highest BCUT2D eigenvalue weighted by Crippen LogP contribution is 2.29. The summed E-state index contributed by atoms with van der Waals surface area (Å²) >= 11 is 5.70. The van der Waals surface area contributed by atoms with Crippen molar-refractivity contribution >= 4 is 35.1 Å². The van der Waals surface area contributed by atoms with Gasteiger partial charge in [-0.2, -0.15) is 0 Å². The van der Waals surface area contributed by atoms with Crippen LogP contribution in [0, 0.1) is 5.82 Å². The molecule has 4 amide bonds. The smallest absolute Gasteiger partial charge is 0.324 e. The summed E-state index contributed by atoms with van der Waals surface area (Å²) in [5.74, 6) is -1.73. The lowest BCUT2D eigenvalue weighted by Crippen LogP contribution is -2.42. The van der Waals surface area contributed by atoms with Gasteiger partial charge in [0.15, 0.2) is 0 Å². The fourth-order valence-electron chi connectivity index (χ4n) is 3.25. The average molecular weight is 418 g/mol. The van der Waals surface area contributed by atoms with Crippen LogP contribution in [-0.2, 0) is 21.5 Å². The SMILES string of the molecule is CCCc1ccc([C@@]2(C)NC(=O)N(CC(=O)Nc3ccc(F)c(Cl)c3)C2=O)cc1. The molecule has 1 heterocycles. The number of urea groups is 1. The second kappa shape index (κ2) is 8.21. The van der Waals surface area contributed by atoms with Crippen molar-refractivity contribution in [3.63, 3.8) is 0 Å². The van der Waals surface area contributed by atoms with Crippen molar-refractivity contribution in [3.05, 3.63) is 64.4 Å². The molecule has 2 N–H and O–H groups in total. The molecule has 0 spiro atoms. The first kappa shape index (κ1) is 20.8. The molecule has 1 aliphatic heterocycles. The molecule has 1 atom stereocenters. The summed E-state index contributed by atoms with van der Waals surface area (Å²) in [4.78, 5) is 38.5. The summed E-state index contributed by atoms with van der Waals surface area (Å²) in [6.45, 7) is 3.22. The molecule has 1 aliphatic rings. The van der Waals surface area contributed by atoms with Gasteiger partial charge in [0.05, 0.1) is 5.02 Å². The predicted octanol–water partition coefficient (Wildman–Crippen LogP) is 3.84. The van der Waals surface area contributed by atoms with Crippen molar-refractivity contribution in [3.8, 4) is 0 Å². The first-order valence-corrected chi connectivity index (χ1v) is 9.61. The molecule has 29 heavy (non-hydrogen) atoms. The lowest BCUT2D eigenvalue weighted by Gasteiger charge is -2.22. The van der Waals surface area contributed by atoms with Crippen molar-refractivity contribution in [1.29, 1.82) is 0 Å². The molecule has 6 nitrogen and oxygen atoms in total. The van der Waals surface area contributed by atoms with Crippen LogP contribution in [0.15, 0.2) is 42.5 Å². The lowest BCUT2D eigenvalue weighted by molar-refractivity contribution is -0.133. The number of imide groups is 1. The van der Waals surface area contributed by atoms with E-state index >= 15 is 0 Å². The van der Waals surface area contributed by atoms with E-state index in [1.165, 1.54) is 12.1 Å². The molecule has 8 heteroatoms. The number of nitrogens with one attached hydrogen (secondary N) is 2. The van der Waals surface area contributed by atoms with Crippen LogP contribution in [0.3, 0.4) is 0 Å². The summed E-state index contributed by atoms with van der Waals surface area (Å²) in [5, 5.41) is 5.03. The van der Waals surface area contributed by atoms with E-state index in [1.54, 1.807) is 6.92 Å². The molecule has 152 valence electrons. The number of rotatable bonds is 6. The molecular weight excluding hydrogens is 397 g/mol. The molecule has 0 unspecified atom stereocenters. The summed E-state index contributed by atoms with van der Waals surface area (Å²) in [5.41, 5.74) is 0.804. The Balaban J connectivity index is 1.72. The normalized spacial score (nSPS) is 18.7. The third-order valence-electron chi connectivity index (χ3n) is 4.85. The number of carbonyl (C=O) groups excluding carboxylic acids is 3. The van der Waals surface area contributed by atoms with Crippen molar-refractivity contribution < 1.29 is 18.8 Å². The highest BCUT2D eigenvalue weighted by molar-refractivity contribution is 6.31. The Morgan fingerprint density at radius 1 is 1.21 bits per heavy atom. The van der Waals surface area contributed by atoms with E-state index in [-0.39, 0.29) is 10.7 Å². The van der Waals surface area contributed by atoms with E-state index in [1.807, 2.05) is 24.3 Å². The second-order valence-corrected chi connectivity index (χ2v) is 7.48. The first-order chi connectivity index (χ1) is 13.7. The van der Waals surface area contributed by atoms with Gasteiger partial charge >= 0.3 is 6.03 Å². The Bertz CT molecular complexity index is 964. The minimum atomic E-state index is -1.25. The van der Waals surface area contributed by atoms with Gasteiger partial charge in [-0.3, -0.25) is 14.5 Å². The molecule has 0 aliphatic carbocycles. The maximum atomic E-state index is 13.2. The topological polar surface area (TPSA) is 78.5 Å². The average Bonchev–Trinajstić information content (AvgIpc) is 2.89. The van der Waals surface area contributed by atoms with Gasteiger partial charge in [-0.15, -0.1) is 0 Å². The van der Waals surface area contributed by atoms with E-state index in [2.05, 4.69) is 17.6 Å². The van der Waals surface area contributed by atoms with Crippen molar-refractivity contribution in [1.82, 2.24) is 10.2 Å². The molecular formula is C21H21ClFN3O3. The Kier molecular flexibility index (Phi) is 5.88. The van der Waals surface area contributed by atoms with E-state index in [0.717, 1.165) is 29.4 Å². The lowest BCUT2D eigenvalue weighted by atomic mass is 9.91. The van der Waals surface area contributed by atoms with Crippen LogP contribution in [0.5, 0.6) is 0 Å². The quantitative estimate of drug-likeness (QED) is 0.701. The van der Waals surface area contributed by atoms with Crippen LogP contribution in [-0.4, -0.2) is 29.3 Å². The zero-order valence-corrected chi connectivity index (χ0v) is 16.8. The second-order valence-electron chi connectivity index (χ2n) is 7.07. The number of halogens is 2. The summed E-state index contributed by atoms with van der Waals surface area (Å²) in [6.07, 6.45) is 1.94. The Hall–Kier alpha value is -2.93. The number of hydrogen-bond donors (Lipinski definition) is 2. The molecule has 2 aromatic rings. The van der Waals surface area contributed by atoms with Crippen LogP contribution in [0.1, 0.15) is 31.4 Å². The Morgan fingerprint density at radius 2 is 1.90 bits per heavy atom. The standard InChI is InChI=1S/C21H21ClFN3O3/c1-3-4-13-5-7-14(8-6-13)21(2)19(28)26(20(29)25-21)12-18(27)24-15-9-10-17(23)16(22)11-15/h5-11H,3-4,12H2,1-2H3,(H,24,27)(H,25,29)/t21-/m1/s1. The van der Waals surface area contributed by atoms with Gasteiger partial charge in [0.2, 0.25) is 5.91 Å². The highest BCUT2D eigenvalue weighted by Gasteiger charge is 2.49. The molecule has 0 aromatic heterocycles. The van der Waals surface area contributed by atoms with Gasteiger partial charge in [0, 0.05) is 5.69 Å².